The molecule has 2 aromatic carbocycles. The van der Waals surface area contributed by atoms with Crippen LogP contribution in [0.3, 0.4) is 0 Å². The maximum Gasteiger partial charge on any atom is 0.512 e. The Labute approximate surface area is 192 Å². The lowest BCUT2D eigenvalue weighted by molar-refractivity contribution is 0.00578. The van der Waals surface area contributed by atoms with Crippen molar-refractivity contribution >= 4 is 29.3 Å². The first kappa shape index (κ1) is 21.6. The third-order valence-corrected chi connectivity index (χ3v) is 7.96. The Morgan fingerprint density at radius 1 is 0.969 bits per heavy atom. The van der Waals surface area contributed by atoms with Gasteiger partial charge in [0.05, 0.1) is 22.4 Å². The van der Waals surface area contributed by atoms with E-state index in [0.29, 0.717) is 0 Å². The van der Waals surface area contributed by atoms with Crippen LogP contribution in [0.5, 0.6) is 0 Å². The first-order valence-electron chi connectivity index (χ1n) is 11.9. The zero-order valence-corrected chi connectivity index (χ0v) is 20.8. The molecule has 0 unspecified atom stereocenters. The van der Waals surface area contributed by atoms with Crippen molar-refractivity contribution in [1.29, 1.82) is 0 Å². The number of nitrogens with zero attached hydrogens (tertiary/aromatic N) is 2. The lowest BCUT2D eigenvalue weighted by Crippen LogP contribution is -2.42. The maximum absolute atomic E-state index is 6.50. The molecule has 0 bridgehead atoms. The number of hydrogen-bond acceptors (Lipinski definition) is 3. The second-order valence-electron chi connectivity index (χ2n) is 10.5. The SMILES string of the molecule is CCc1c(C)c2c3c(cc(B4OC(C)(C)C(C)(C)O4)n3CCN2C)c1-c1ccc(C)cc1. The average molecular weight is 430 g/mol. The van der Waals surface area contributed by atoms with E-state index < -0.39 is 0 Å². The Balaban J connectivity index is 1.82. The first-order valence-corrected chi connectivity index (χ1v) is 11.9. The standard InChI is InChI=1S/C27H35BN2O2/c1-9-20-18(3)24-25-21(23(20)19-12-10-17(2)11-13-19)16-22(30(25)15-14-29(24)8)28-31-26(4,5)27(6,7)32-28/h10-13,16H,9,14-15H2,1-8H3. The molecule has 1 fully saturated rings. The van der Waals surface area contributed by atoms with Gasteiger partial charge in [-0.25, -0.2) is 0 Å². The highest BCUT2D eigenvalue weighted by molar-refractivity contribution is 6.62. The molecule has 2 aliphatic heterocycles. The molecule has 168 valence electrons. The molecule has 5 heteroatoms. The Morgan fingerprint density at radius 3 is 2.19 bits per heavy atom. The molecule has 0 aliphatic carbocycles. The number of aromatic nitrogens is 1. The van der Waals surface area contributed by atoms with E-state index in [2.05, 4.69) is 95.3 Å². The summed E-state index contributed by atoms with van der Waals surface area (Å²) >= 11 is 0. The van der Waals surface area contributed by atoms with Crippen molar-refractivity contribution in [2.75, 3.05) is 18.5 Å². The van der Waals surface area contributed by atoms with Crippen LogP contribution in [0, 0.1) is 13.8 Å². The molecule has 0 saturated carbocycles. The van der Waals surface area contributed by atoms with Crippen molar-refractivity contribution in [3.63, 3.8) is 0 Å². The molecule has 0 atom stereocenters. The summed E-state index contributed by atoms with van der Waals surface area (Å²) in [6.45, 7) is 17.1. The molecule has 0 N–H and O–H groups in total. The molecule has 3 aromatic rings. The number of rotatable bonds is 3. The maximum atomic E-state index is 6.50. The Kier molecular flexibility index (Phi) is 4.81. The van der Waals surface area contributed by atoms with Crippen LogP contribution in [0.2, 0.25) is 0 Å². The Hall–Kier alpha value is -2.24. The number of aryl methyl sites for hydroxylation is 1. The van der Waals surface area contributed by atoms with Crippen LogP contribution in [0.4, 0.5) is 5.69 Å². The minimum absolute atomic E-state index is 0.354. The van der Waals surface area contributed by atoms with E-state index in [-0.39, 0.29) is 18.3 Å². The molecule has 0 spiro atoms. The van der Waals surface area contributed by atoms with E-state index in [4.69, 9.17) is 9.31 Å². The summed E-state index contributed by atoms with van der Waals surface area (Å²) in [6, 6.07) is 11.3. The van der Waals surface area contributed by atoms with Gasteiger partial charge < -0.3 is 18.8 Å². The molecule has 5 rings (SSSR count). The zero-order chi connectivity index (χ0) is 23.0. The van der Waals surface area contributed by atoms with Crippen LogP contribution >= 0.6 is 0 Å². The minimum atomic E-state index is -0.361. The summed E-state index contributed by atoms with van der Waals surface area (Å²) in [5, 5.41) is 1.31. The predicted octanol–water partition coefficient (Wildman–Crippen LogP) is 5.24. The van der Waals surface area contributed by atoms with Gasteiger partial charge in [-0.3, -0.25) is 0 Å². The van der Waals surface area contributed by atoms with Crippen LogP contribution in [0.1, 0.15) is 51.3 Å². The van der Waals surface area contributed by atoms with Crippen LogP contribution in [-0.4, -0.2) is 36.5 Å². The molecule has 2 aliphatic rings. The van der Waals surface area contributed by atoms with E-state index in [9.17, 15) is 0 Å². The van der Waals surface area contributed by atoms with Crippen molar-refractivity contribution in [2.24, 2.45) is 0 Å². The summed E-state index contributed by atoms with van der Waals surface area (Å²) in [5.41, 5.74) is 9.83. The topological polar surface area (TPSA) is 26.6 Å². The third kappa shape index (κ3) is 2.98. The second-order valence-corrected chi connectivity index (χ2v) is 10.5. The highest BCUT2D eigenvalue weighted by Crippen LogP contribution is 2.44. The van der Waals surface area contributed by atoms with Gasteiger partial charge in [0.15, 0.2) is 0 Å². The number of anilines is 1. The van der Waals surface area contributed by atoms with E-state index in [0.717, 1.165) is 25.1 Å². The van der Waals surface area contributed by atoms with Crippen LogP contribution in [0.15, 0.2) is 30.3 Å². The lowest BCUT2D eigenvalue weighted by Gasteiger charge is -2.32. The van der Waals surface area contributed by atoms with Crippen molar-refractivity contribution < 1.29 is 9.31 Å². The second kappa shape index (κ2) is 7.13. The van der Waals surface area contributed by atoms with Crippen molar-refractivity contribution in [2.45, 2.75) is 72.6 Å². The minimum Gasteiger partial charge on any atom is -0.398 e. The monoisotopic (exact) mass is 430 g/mol. The third-order valence-electron chi connectivity index (χ3n) is 7.96. The first-order chi connectivity index (χ1) is 15.1. The van der Waals surface area contributed by atoms with Gasteiger partial charge in [-0.2, -0.15) is 0 Å². The van der Waals surface area contributed by atoms with Gasteiger partial charge in [0, 0.05) is 31.1 Å². The normalized spacial score (nSPS) is 19.2. The van der Waals surface area contributed by atoms with Gasteiger partial charge in [0.2, 0.25) is 0 Å². The fraction of sp³-hybridized carbons (Fsp3) is 0.481. The molecule has 0 radical (unpaired) electrons. The molecule has 1 aromatic heterocycles. The Bertz CT molecular complexity index is 1190. The van der Waals surface area contributed by atoms with Crippen molar-refractivity contribution in [1.82, 2.24) is 4.57 Å². The average Bonchev–Trinajstić information content (AvgIpc) is 3.20. The van der Waals surface area contributed by atoms with Crippen molar-refractivity contribution in [3.05, 3.63) is 47.0 Å². The summed E-state index contributed by atoms with van der Waals surface area (Å²) < 4.78 is 15.5. The van der Waals surface area contributed by atoms with Gasteiger partial charge in [-0.05, 0) is 76.3 Å². The smallest absolute Gasteiger partial charge is 0.398 e. The van der Waals surface area contributed by atoms with Gasteiger partial charge in [0.25, 0.3) is 0 Å². The quantitative estimate of drug-likeness (QED) is 0.532. The molecule has 4 nitrogen and oxygen atoms in total. The summed E-state index contributed by atoms with van der Waals surface area (Å²) in [7, 11) is 1.86. The van der Waals surface area contributed by atoms with Gasteiger partial charge >= 0.3 is 7.12 Å². The molecular weight excluding hydrogens is 395 g/mol. The highest BCUT2D eigenvalue weighted by Gasteiger charge is 2.53. The number of hydrogen-bond donors (Lipinski definition) is 0. The van der Waals surface area contributed by atoms with Crippen molar-refractivity contribution in [3.8, 4) is 11.1 Å². The molecule has 32 heavy (non-hydrogen) atoms. The molecule has 0 amide bonds. The number of benzene rings is 2. The number of likely N-dealkylation sites (N-methyl/N-ethyl adjacent to an activating group) is 1. The van der Waals surface area contributed by atoms with E-state index in [1.807, 2.05) is 0 Å². The van der Waals surface area contributed by atoms with Crippen LogP contribution in [-0.2, 0) is 22.3 Å². The Morgan fingerprint density at radius 2 is 1.59 bits per heavy atom. The van der Waals surface area contributed by atoms with E-state index in [1.54, 1.807) is 0 Å². The van der Waals surface area contributed by atoms with Gasteiger partial charge in [-0.15, -0.1) is 0 Å². The molecular formula is C27H35BN2O2. The summed E-state index contributed by atoms with van der Waals surface area (Å²) in [4.78, 5) is 2.42. The van der Waals surface area contributed by atoms with E-state index >= 15 is 0 Å². The fourth-order valence-electron chi connectivity index (χ4n) is 5.41. The highest BCUT2D eigenvalue weighted by atomic mass is 16.7. The fourth-order valence-corrected chi connectivity index (χ4v) is 5.41. The zero-order valence-electron chi connectivity index (χ0n) is 20.8. The predicted molar refractivity (Wildman–Crippen MR) is 135 cm³/mol. The molecule has 1 saturated heterocycles. The van der Waals surface area contributed by atoms with Crippen LogP contribution in [0.25, 0.3) is 22.0 Å². The van der Waals surface area contributed by atoms with E-state index in [1.165, 1.54) is 44.4 Å². The van der Waals surface area contributed by atoms with Crippen LogP contribution < -0.4 is 10.5 Å². The summed E-state index contributed by atoms with van der Waals surface area (Å²) in [6.07, 6.45) is 1.00. The van der Waals surface area contributed by atoms with Gasteiger partial charge in [-0.1, -0.05) is 36.8 Å². The molecule has 3 heterocycles. The summed E-state index contributed by atoms with van der Waals surface area (Å²) in [5.74, 6) is 0. The largest absolute Gasteiger partial charge is 0.512 e. The van der Waals surface area contributed by atoms with Gasteiger partial charge in [0.1, 0.15) is 0 Å². The lowest BCUT2D eigenvalue weighted by atomic mass is 9.83.